The Hall–Kier alpha value is -0.830. The van der Waals surface area contributed by atoms with Gasteiger partial charge in [-0.15, -0.1) is 0 Å². The Kier molecular flexibility index (Phi) is 6.38. The summed E-state index contributed by atoms with van der Waals surface area (Å²) in [7, 11) is 0. The van der Waals surface area contributed by atoms with Gasteiger partial charge < -0.3 is 9.47 Å². The van der Waals surface area contributed by atoms with Gasteiger partial charge in [0.25, 0.3) is 0 Å². The Morgan fingerprint density at radius 1 is 1.42 bits per heavy atom. The van der Waals surface area contributed by atoms with Gasteiger partial charge in [0, 0.05) is 6.61 Å². The molecule has 0 aliphatic heterocycles. The van der Waals surface area contributed by atoms with Gasteiger partial charge in [0.1, 0.15) is 0 Å². The van der Waals surface area contributed by atoms with E-state index in [1.54, 1.807) is 0 Å². The van der Waals surface area contributed by atoms with Crippen LogP contribution in [0.25, 0.3) is 0 Å². The lowest BCUT2D eigenvalue weighted by Crippen LogP contribution is -2.12. The minimum absolute atomic E-state index is 0.263. The van der Waals surface area contributed by atoms with E-state index in [0.717, 1.165) is 6.42 Å². The molecular weight excluding hydrogens is 156 g/mol. The van der Waals surface area contributed by atoms with Crippen molar-refractivity contribution in [3.05, 3.63) is 12.2 Å². The quantitative estimate of drug-likeness (QED) is 0.450. The zero-order chi connectivity index (χ0) is 9.40. The monoisotopic (exact) mass is 172 g/mol. The summed E-state index contributed by atoms with van der Waals surface area (Å²) < 4.78 is 9.83. The number of carbonyl (C=O) groups is 1. The summed E-state index contributed by atoms with van der Waals surface area (Å²) in [5, 5.41) is 0. The smallest absolute Gasteiger partial charge is 0.335 e. The van der Waals surface area contributed by atoms with Crippen LogP contribution in [0.3, 0.4) is 0 Å². The van der Waals surface area contributed by atoms with Crippen LogP contribution in [-0.2, 0) is 14.3 Å². The summed E-state index contributed by atoms with van der Waals surface area (Å²) in [6.45, 7) is 8.65. The third kappa shape index (κ3) is 4.91. The highest BCUT2D eigenvalue weighted by atomic mass is 16.5. The fourth-order valence-electron chi connectivity index (χ4n) is 0.581. The zero-order valence-electron chi connectivity index (χ0n) is 7.76. The van der Waals surface area contributed by atoms with Crippen LogP contribution in [-0.4, -0.2) is 25.8 Å². The largest absolute Gasteiger partial charge is 0.462 e. The molecule has 0 atom stereocenters. The van der Waals surface area contributed by atoms with Crippen LogP contribution in [0.2, 0.25) is 0 Å². The number of hydrogen-bond donors (Lipinski definition) is 0. The molecule has 0 aromatic carbocycles. The Bertz CT molecular complexity index is 134. The Labute approximate surface area is 73.4 Å². The molecule has 0 N–H and O–H groups in total. The first kappa shape index (κ1) is 11.2. The molecule has 12 heavy (non-hydrogen) atoms. The van der Waals surface area contributed by atoms with Gasteiger partial charge in [-0.1, -0.05) is 13.5 Å². The Morgan fingerprint density at radius 3 is 2.58 bits per heavy atom. The topological polar surface area (TPSA) is 35.5 Å². The van der Waals surface area contributed by atoms with E-state index in [9.17, 15) is 4.79 Å². The molecule has 0 unspecified atom stereocenters. The molecule has 70 valence electrons. The Morgan fingerprint density at radius 2 is 2.08 bits per heavy atom. The summed E-state index contributed by atoms with van der Waals surface area (Å²) in [6, 6.07) is 0. The van der Waals surface area contributed by atoms with E-state index >= 15 is 0 Å². The predicted molar refractivity (Wildman–Crippen MR) is 46.9 cm³/mol. The average Bonchev–Trinajstić information content (AvgIpc) is 2.10. The van der Waals surface area contributed by atoms with Crippen molar-refractivity contribution in [3.63, 3.8) is 0 Å². The van der Waals surface area contributed by atoms with Crippen LogP contribution >= 0.6 is 0 Å². The van der Waals surface area contributed by atoms with Crippen molar-refractivity contribution in [2.24, 2.45) is 0 Å². The minimum atomic E-state index is -0.356. The van der Waals surface area contributed by atoms with E-state index in [1.807, 2.05) is 13.8 Å². The third-order valence-electron chi connectivity index (χ3n) is 1.21. The standard InChI is InChI=1S/C9H16O3/c1-4-6-12-9(10)8(3)7-11-5-2/h3-7H2,1-2H3. The van der Waals surface area contributed by atoms with Gasteiger partial charge >= 0.3 is 5.97 Å². The summed E-state index contributed by atoms with van der Waals surface area (Å²) in [6.07, 6.45) is 0.827. The summed E-state index contributed by atoms with van der Waals surface area (Å²) in [4.78, 5) is 11.0. The Balaban J connectivity index is 3.55. The lowest BCUT2D eigenvalue weighted by Gasteiger charge is -2.05. The van der Waals surface area contributed by atoms with E-state index in [0.29, 0.717) is 18.8 Å². The predicted octanol–water partition coefficient (Wildman–Crippen LogP) is 1.53. The SMILES string of the molecule is C=C(COCC)C(=O)OCCC. The lowest BCUT2D eigenvalue weighted by molar-refractivity contribution is -0.139. The van der Waals surface area contributed by atoms with Gasteiger partial charge in [-0.05, 0) is 13.3 Å². The van der Waals surface area contributed by atoms with Crippen LogP contribution in [0.5, 0.6) is 0 Å². The van der Waals surface area contributed by atoms with Gasteiger partial charge in [0.2, 0.25) is 0 Å². The molecule has 0 saturated heterocycles. The second-order valence-corrected chi connectivity index (χ2v) is 2.38. The van der Waals surface area contributed by atoms with Crippen molar-refractivity contribution in [1.82, 2.24) is 0 Å². The maximum atomic E-state index is 11.0. The fraction of sp³-hybridized carbons (Fsp3) is 0.667. The first-order valence-corrected chi connectivity index (χ1v) is 4.15. The van der Waals surface area contributed by atoms with Crippen molar-refractivity contribution in [2.75, 3.05) is 19.8 Å². The number of hydrogen-bond acceptors (Lipinski definition) is 3. The maximum absolute atomic E-state index is 11.0. The van der Waals surface area contributed by atoms with Crippen LogP contribution in [0.1, 0.15) is 20.3 Å². The van der Waals surface area contributed by atoms with Crippen molar-refractivity contribution < 1.29 is 14.3 Å². The normalized spacial score (nSPS) is 9.50. The molecule has 0 aliphatic rings. The molecule has 3 nitrogen and oxygen atoms in total. The number of esters is 1. The van der Waals surface area contributed by atoms with Gasteiger partial charge in [-0.2, -0.15) is 0 Å². The maximum Gasteiger partial charge on any atom is 0.335 e. The first-order valence-electron chi connectivity index (χ1n) is 4.15. The van der Waals surface area contributed by atoms with Crippen molar-refractivity contribution >= 4 is 5.97 Å². The molecule has 0 rings (SSSR count). The average molecular weight is 172 g/mol. The van der Waals surface area contributed by atoms with Gasteiger partial charge in [-0.25, -0.2) is 4.79 Å². The van der Waals surface area contributed by atoms with Crippen molar-refractivity contribution in [1.29, 1.82) is 0 Å². The van der Waals surface area contributed by atoms with Crippen LogP contribution in [0.4, 0.5) is 0 Å². The second kappa shape index (κ2) is 6.85. The molecule has 0 spiro atoms. The van der Waals surface area contributed by atoms with Gasteiger partial charge in [0.15, 0.2) is 0 Å². The number of rotatable bonds is 6. The van der Waals surface area contributed by atoms with Crippen LogP contribution < -0.4 is 0 Å². The third-order valence-corrected chi connectivity index (χ3v) is 1.21. The molecular formula is C9H16O3. The molecule has 3 heteroatoms. The van der Waals surface area contributed by atoms with Crippen LogP contribution in [0, 0.1) is 0 Å². The van der Waals surface area contributed by atoms with Crippen molar-refractivity contribution in [2.45, 2.75) is 20.3 Å². The lowest BCUT2D eigenvalue weighted by atomic mass is 10.3. The highest BCUT2D eigenvalue weighted by Gasteiger charge is 2.06. The fourth-order valence-corrected chi connectivity index (χ4v) is 0.581. The van der Waals surface area contributed by atoms with E-state index in [1.165, 1.54) is 0 Å². The molecule has 0 aromatic heterocycles. The molecule has 0 bridgehead atoms. The van der Waals surface area contributed by atoms with Gasteiger partial charge in [-0.3, -0.25) is 0 Å². The highest BCUT2D eigenvalue weighted by Crippen LogP contribution is 1.96. The molecule has 0 aliphatic carbocycles. The number of carbonyl (C=O) groups excluding carboxylic acids is 1. The summed E-state index contributed by atoms with van der Waals surface area (Å²) in [5.74, 6) is -0.356. The highest BCUT2D eigenvalue weighted by molar-refractivity contribution is 5.87. The van der Waals surface area contributed by atoms with Gasteiger partial charge in [0.05, 0.1) is 18.8 Å². The van der Waals surface area contributed by atoms with E-state index in [-0.39, 0.29) is 12.6 Å². The first-order chi connectivity index (χ1) is 5.72. The van der Waals surface area contributed by atoms with E-state index in [2.05, 4.69) is 6.58 Å². The van der Waals surface area contributed by atoms with E-state index < -0.39 is 0 Å². The molecule has 0 heterocycles. The minimum Gasteiger partial charge on any atom is -0.462 e. The summed E-state index contributed by atoms with van der Waals surface area (Å²) in [5.41, 5.74) is 0.380. The number of ether oxygens (including phenoxy) is 2. The molecule has 0 fully saturated rings. The summed E-state index contributed by atoms with van der Waals surface area (Å²) >= 11 is 0. The zero-order valence-corrected chi connectivity index (χ0v) is 7.76. The van der Waals surface area contributed by atoms with Crippen LogP contribution in [0.15, 0.2) is 12.2 Å². The molecule has 0 amide bonds. The second-order valence-electron chi connectivity index (χ2n) is 2.38. The molecule has 0 aromatic rings. The molecule has 0 saturated carbocycles. The van der Waals surface area contributed by atoms with E-state index in [4.69, 9.17) is 9.47 Å². The van der Waals surface area contributed by atoms with Crippen molar-refractivity contribution in [3.8, 4) is 0 Å². The molecule has 0 radical (unpaired) electrons.